The number of hydrogen-bond donors (Lipinski definition) is 0. The van der Waals surface area contributed by atoms with Crippen LogP contribution in [0.5, 0.6) is 0 Å². The predicted octanol–water partition coefficient (Wildman–Crippen LogP) is 2.81. The number of alkyl halides is 3. The van der Waals surface area contributed by atoms with E-state index in [1.807, 2.05) is 0 Å². The summed E-state index contributed by atoms with van der Waals surface area (Å²) in [5, 5.41) is 0. The fourth-order valence-electron chi connectivity index (χ4n) is 0.762. The van der Waals surface area contributed by atoms with Crippen LogP contribution in [0.4, 0.5) is 13.2 Å². The quantitative estimate of drug-likeness (QED) is 0.619. The van der Waals surface area contributed by atoms with Gasteiger partial charge >= 0.3 is 6.18 Å². The molecular weight excluding hydrogens is 242 g/mol. The first-order valence-corrected chi connectivity index (χ1v) is 3.05. The molecule has 0 atom stereocenters. The van der Waals surface area contributed by atoms with Gasteiger partial charge < -0.3 is 0 Å². The molecule has 0 nitrogen and oxygen atoms in total. The van der Waals surface area contributed by atoms with E-state index >= 15 is 0 Å². The number of rotatable bonds is 0. The van der Waals surface area contributed by atoms with Crippen LogP contribution in [-0.2, 0) is 38.9 Å². The van der Waals surface area contributed by atoms with Crippen LogP contribution in [0, 0.1) is 13.0 Å². The van der Waals surface area contributed by atoms with E-state index in [1.54, 1.807) is 6.92 Å². The minimum atomic E-state index is -4.24. The van der Waals surface area contributed by atoms with Crippen LogP contribution in [0.3, 0.4) is 0 Å². The Hall–Kier alpha value is 0.114. The summed E-state index contributed by atoms with van der Waals surface area (Å²) in [5.41, 5.74) is -0.117. The average molecular weight is 248 g/mol. The molecule has 0 unspecified atom stereocenters. The van der Waals surface area contributed by atoms with Crippen LogP contribution in [0.25, 0.3) is 0 Å². The molecule has 63 valence electrons. The molecule has 0 aliphatic heterocycles. The first-order valence-electron chi connectivity index (χ1n) is 3.05. The van der Waals surface area contributed by atoms with E-state index in [0.29, 0.717) is 5.56 Å². The van der Waals surface area contributed by atoms with Gasteiger partial charge in [-0.25, -0.2) is 0 Å². The molecule has 12 heavy (non-hydrogen) atoms. The van der Waals surface area contributed by atoms with Crippen molar-refractivity contribution in [2.45, 2.75) is 13.1 Å². The molecule has 0 aromatic heterocycles. The fourth-order valence-corrected chi connectivity index (χ4v) is 0.762. The fraction of sp³-hybridized carbons (Fsp3) is 0.250. The van der Waals surface area contributed by atoms with Gasteiger partial charge in [0.15, 0.2) is 0 Å². The molecule has 0 bridgehead atoms. The van der Waals surface area contributed by atoms with E-state index in [9.17, 15) is 13.2 Å². The molecule has 0 amide bonds. The van der Waals surface area contributed by atoms with E-state index < -0.39 is 11.7 Å². The summed E-state index contributed by atoms with van der Waals surface area (Å²) < 4.78 is 35.9. The molecule has 1 radical (unpaired) electrons. The topological polar surface area (TPSA) is 0 Å². The maximum Gasteiger partial charge on any atom is 0.394 e. The van der Waals surface area contributed by atoms with Crippen molar-refractivity contribution in [3.05, 3.63) is 35.4 Å². The third-order valence-electron chi connectivity index (χ3n) is 1.27. The molecule has 0 saturated carbocycles. The summed E-state index contributed by atoms with van der Waals surface area (Å²) in [5.74, 6) is 0. The molecule has 0 fully saturated rings. The van der Waals surface area contributed by atoms with Gasteiger partial charge in [-0.3, -0.25) is 0 Å². The maximum absolute atomic E-state index is 12.0. The van der Waals surface area contributed by atoms with Crippen molar-refractivity contribution >= 4 is 0 Å². The number of halogens is 3. The van der Waals surface area contributed by atoms with Crippen LogP contribution < -0.4 is 0 Å². The second-order valence-corrected chi connectivity index (χ2v) is 2.26. The number of benzene rings is 1. The molecule has 1 aromatic carbocycles. The van der Waals surface area contributed by atoms with E-state index in [0.717, 1.165) is 12.1 Å². The Morgan fingerprint density at radius 1 is 1.33 bits per heavy atom. The maximum atomic E-state index is 12.0. The first kappa shape index (κ1) is 12.1. The van der Waals surface area contributed by atoms with Gasteiger partial charge in [0.1, 0.15) is 0 Å². The van der Waals surface area contributed by atoms with Crippen LogP contribution in [0.2, 0.25) is 0 Å². The smallest absolute Gasteiger partial charge is 0.181 e. The number of hydrogen-bond acceptors (Lipinski definition) is 0. The van der Waals surface area contributed by atoms with E-state index in [1.165, 1.54) is 6.07 Å². The van der Waals surface area contributed by atoms with Crippen molar-refractivity contribution in [2.24, 2.45) is 0 Å². The molecule has 1 rings (SSSR count). The predicted molar refractivity (Wildman–Crippen MR) is 35.0 cm³/mol. The molecule has 0 aliphatic rings. The van der Waals surface area contributed by atoms with Crippen molar-refractivity contribution in [2.75, 3.05) is 0 Å². The Morgan fingerprint density at radius 3 is 2.25 bits per heavy atom. The molecule has 0 aliphatic carbocycles. The third kappa shape index (κ3) is 3.24. The van der Waals surface area contributed by atoms with Crippen molar-refractivity contribution in [1.82, 2.24) is 0 Å². The molecule has 4 heteroatoms. The van der Waals surface area contributed by atoms with Gasteiger partial charge in [0.05, 0.1) is 0 Å². The monoisotopic (exact) mass is 248 g/mol. The summed E-state index contributed by atoms with van der Waals surface area (Å²) in [4.78, 5) is 0. The molecule has 0 saturated heterocycles. The summed E-state index contributed by atoms with van der Waals surface area (Å²) >= 11 is 0. The largest absolute Gasteiger partial charge is 0.394 e. The summed E-state index contributed by atoms with van der Waals surface area (Å²) in [7, 11) is 0. The minimum absolute atomic E-state index is 0. The van der Waals surface area contributed by atoms with Crippen molar-refractivity contribution in [3.8, 4) is 0 Å². The zero-order chi connectivity index (χ0) is 8.48. The van der Waals surface area contributed by atoms with E-state index in [-0.39, 0.29) is 32.7 Å². The van der Waals surface area contributed by atoms with Gasteiger partial charge in [0, 0.05) is 32.7 Å². The number of aryl methyl sites for hydroxylation is 1. The zero-order valence-corrected chi connectivity index (χ0v) is 9.28. The standard InChI is InChI=1S/C8H6F3.Y/c1-6-3-2-4-7(5-6)8(9,10)11;/h2,4-5H,1H3;/q-1;. The summed E-state index contributed by atoms with van der Waals surface area (Å²) in [6.45, 7) is 1.58. The van der Waals surface area contributed by atoms with Crippen LogP contribution in [-0.4, -0.2) is 0 Å². The summed E-state index contributed by atoms with van der Waals surface area (Å²) in [6, 6.07) is 6.00. The molecule has 1 aromatic rings. The van der Waals surface area contributed by atoms with Gasteiger partial charge in [0.25, 0.3) is 0 Å². The molecule has 0 N–H and O–H groups in total. The molecule has 0 spiro atoms. The van der Waals surface area contributed by atoms with Gasteiger partial charge in [-0.1, -0.05) is 12.5 Å². The Labute approximate surface area is 94.0 Å². The zero-order valence-electron chi connectivity index (χ0n) is 6.44. The Kier molecular flexibility index (Phi) is 4.42. The summed E-state index contributed by atoms with van der Waals surface area (Å²) in [6.07, 6.45) is -4.24. The van der Waals surface area contributed by atoms with Gasteiger partial charge in [-0.15, -0.1) is 0 Å². The normalized spacial score (nSPS) is 10.7. The van der Waals surface area contributed by atoms with E-state index in [4.69, 9.17) is 0 Å². The molecule has 0 heterocycles. The van der Waals surface area contributed by atoms with Gasteiger partial charge in [0.2, 0.25) is 0 Å². The SMILES string of the molecule is Cc1[c-]ccc(C(F)(F)F)c1.[Y]. The van der Waals surface area contributed by atoms with Crippen LogP contribution in [0.15, 0.2) is 18.2 Å². The van der Waals surface area contributed by atoms with Crippen molar-refractivity contribution in [1.29, 1.82) is 0 Å². The second-order valence-electron chi connectivity index (χ2n) is 2.26. The first-order chi connectivity index (χ1) is 5.00. The Morgan fingerprint density at radius 2 is 1.92 bits per heavy atom. The third-order valence-corrected chi connectivity index (χ3v) is 1.27. The Bertz CT molecular complexity index is 255. The van der Waals surface area contributed by atoms with E-state index in [2.05, 4.69) is 6.07 Å². The van der Waals surface area contributed by atoms with Crippen molar-refractivity contribution in [3.63, 3.8) is 0 Å². The van der Waals surface area contributed by atoms with Gasteiger partial charge in [-0.2, -0.15) is 43.0 Å². The minimum Gasteiger partial charge on any atom is -0.181 e. The van der Waals surface area contributed by atoms with Crippen LogP contribution in [0.1, 0.15) is 11.1 Å². The van der Waals surface area contributed by atoms with Gasteiger partial charge in [-0.05, 0) is 0 Å². The van der Waals surface area contributed by atoms with Crippen LogP contribution >= 0.6 is 0 Å². The molecular formula is C8H6F3Y-. The average Bonchev–Trinajstić information content (AvgIpc) is 1.86. The second kappa shape index (κ2) is 4.38. The van der Waals surface area contributed by atoms with Crippen molar-refractivity contribution < 1.29 is 45.9 Å². The Balaban J connectivity index is 0.00000121.